The molecular formula is C10H7ClFNOS. The van der Waals surface area contributed by atoms with E-state index in [1.165, 1.54) is 18.3 Å². The SMILES string of the molecule is OC(c1ncc(Cl)s1)c1ccccc1F. The topological polar surface area (TPSA) is 33.1 Å². The van der Waals surface area contributed by atoms with Crippen molar-refractivity contribution in [2.24, 2.45) is 0 Å². The maximum absolute atomic E-state index is 13.3. The number of nitrogens with zero attached hydrogens (tertiary/aromatic N) is 1. The molecule has 0 spiro atoms. The Labute approximate surface area is 95.0 Å². The number of hydrogen-bond acceptors (Lipinski definition) is 3. The van der Waals surface area contributed by atoms with Gasteiger partial charge in [-0.25, -0.2) is 9.37 Å². The molecule has 1 unspecified atom stereocenters. The smallest absolute Gasteiger partial charge is 0.133 e. The van der Waals surface area contributed by atoms with Gasteiger partial charge < -0.3 is 5.11 Å². The summed E-state index contributed by atoms with van der Waals surface area (Å²) < 4.78 is 13.8. The maximum Gasteiger partial charge on any atom is 0.133 e. The van der Waals surface area contributed by atoms with Gasteiger partial charge in [0, 0.05) is 5.56 Å². The summed E-state index contributed by atoms with van der Waals surface area (Å²) in [7, 11) is 0. The predicted octanol–water partition coefficient (Wildman–Crippen LogP) is 3.02. The van der Waals surface area contributed by atoms with Crippen LogP contribution in [0.3, 0.4) is 0 Å². The van der Waals surface area contributed by atoms with Crippen LogP contribution in [0.1, 0.15) is 16.7 Å². The van der Waals surface area contributed by atoms with Crippen LogP contribution in [-0.2, 0) is 0 Å². The van der Waals surface area contributed by atoms with Crippen LogP contribution >= 0.6 is 22.9 Å². The van der Waals surface area contributed by atoms with Gasteiger partial charge in [-0.05, 0) is 6.07 Å². The zero-order chi connectivity index (χ0) is 10.8. The van der Waals surface area contributed by atoms with Crippen LogP contribution in [0.4, 0.5) is 4.39 Å². The van der Waals surface area contributed by atoms with Crippen LogP contribution in [0, 0.1) is 5.82 Å². The van der Waals surface area contributed by atoms with Crippen molar-refractivity contribution in [2.45, 2.75) is 6.10 Å². The van der Waals surface area contributed by atoms with Crippen LogP contribution in [-0.4, -0.2) is 10.1 Å². The first-order valence-electron chi connectivity index (χ1n) is 4.22. The van der Waals surface area contributed by atoms with Gasteiger partial charge in [0.15, 0.2) is 0 Å². The molecule has 1 heterocycles. The summed E-state index contributed by atoms with van der Waals surface area (Å²) in [6, 6.07) is 6.06. The molecule has 78 valence electrons. The highest BCUT2D eigenvalue weighted by molar-refractivity contribution is 7.15. The predicted molar refractivity (Wildman–Crippen MR) is 57.6 cm³/mol. The zero-order valence-corrected chi connectivity index (χ0v) is 9.10. The highest BCUT2D eigenvalue weighted by Crippen LogP contribution is 2.29. The van der Waals surface area contributed by atoms with Crippen LogP contribution in [0.25, 0.3) is 0 Å². The Morgan fingerprint density at radius 1 is 1.40 bits per heavy atom. The number of hydrogen-bond donors (Lipinski definition) is 1. The summed E-state index contributed by atoms with van der Waals surface area (Å²) in [5.41, 5.74) is 0.212. The average molecular weight is 244 g/mol. The van der Waals surface area contributed by atoms with Gasteiger partial charge in [-0.3, -0.25) is 0 Å². The third kappa shape index (κ3) is 2.17. The average Bonchev–Trinajstić information content (AvgIpc) is 2.65. The summed E-state index contributed by atoms with van der Waals surface area (Å²) in [6.45, 7) is 0. The molecule has 0 aliphatic heterocycles. The van der Waals surface area contributed by atoms with Crippen molar-refractivity contribution >= 4 is 22.9 Å². The first kappa shape index (κ1) is 10.5. The van der Waals surface area contributed by atoms with Gasteiger partial charge in [-0.15, -0.1) is 11.3 Å². The molecule has 0 radical (unpaired) electrons. The molecule has 0 aliphatic rings. The third-order valence-electron chi connectivity index (χ3n) is 1.93. The Bertz CT molecular complexity index is 474. The first-order chi connectivity index (χ1) is 7.18. The minimum atomic E-state index is -1.05. The van der Waals surface area contributed by atoms with E-state index in [2.05, 4.69) is 4.98 Å². The van der Waals surface area contributed by atoms with Gasteiger partial charge in [-0.1, -0.05) is 29.8 Å². The van der Waals surface area contributed by atoms with E-state index in [0.29, 0.717) is 9.34 Å². The second kappa shape index (κ2) is 4.26. The molecule has 1 N–H and O–H groups in total. The summed E-state index contributed by atoms with van der Waals surface area (Å²) in [6.07, 6.45) is 0.384. The molecule has 5 heteroatoms. The van der Waals surface area contributed by atoms with Gasteiger partial charge >= 0.3 is 0 Å². The van der Waals surface area contributed by atoms with Gasteiger partial charge in [0.05, 0.1) is 6.20 Å². The number of aromatic nitrogens is 1. The fourth-order valence-corrected chi connectivity index (χ4v) is 2.16. The van der Waals surface area contributed by atoms with Crippen molar-refractivity contribution in [3.8, 4) is 0 Å². The maximum atomic E-state index is 13.3. The van der Waals surface area contributed by atoms with E-state index >= 15 is 0 Å². The van der Waals surface area contributed by atoms with E-state index in [1.54, 1.807) is 12.1 Å². The van der Waals surface area contributed by atoms with Crippen molar-refractivity contribution in [1.82, 2.24) is 4.98 Å². The molecule has 0 bridgehead atoms. The van der Waals surface area contributed by atoms with E-state index in [4.69, 9.17) is 11.6 Å². The number of benzene rings is 1. The van der Waals surface area contributed by atoms with E-state index in [9.17, 15) is 9.50 Å². The van der Waals surface area contributed by atoms with Crippen molar-refractivity contribution in [3.63, 3.8) is 0 Å². The Hall–Kier alpha value is -0.970. The lowest BCUT2D eigenvalue weighted by Gasteiger charge is -2.08. The number of rotatable bonds is 2. The second-order valence-corrected chi connectivity index (χ2v) is 4.62. The Kier molecular flexibility index (Phi) is 3.00. The highest BCUT2D eigenvalue weighted by Gasteiger charge is 2.17. The summed E-state index contributed by atoms with van der Waals surface area (Å²) in [5.74, 6) is -0.448. The molecule has 0 aliphatic carbocycles. The number of aliphatic hydroxyl groups excluding tert-OH is 1. The minimum Gasteiger partial charge on any atom is -0.381 e. The van der Waals surface area contributed by atoms with Gasteiger partial charge in [0.1, 0.15) is 21.3 Å². The lowest BCUT2D eigenvalue weighted by atomic mass is 10.1. The quantitative estimate of drug-likeness (QED) is 0.880. The molecule has 1 atom stereocenters. The van der Waals surface area contributed by atoms with E-state index in [1.807, 2.05) is 0 Å². The van der Waals surface area contributed by atoms with Crippen molar-refractivity contribution < 1.29 is 9.50 Å². The van der Waals surface area contributed by atoms with Crippen LogP contribution in [0.5, 0.6) is 0 Å². The van der Waals surface area contributed by atoms with Crippen LogP contribution in [0.2, 0.25) is 4.34 Å². The molecule has 1 aromatic carbocycles. The molecule has 2 aromatic rings. The van der Waals surface area contributed by atoms with Crippen LogP contribution < -0.4 is 0 Å². The monoisotopic (exact) mass is 243 g/mol. The summed E-state index contributed by atoms with van der Waals surface area (Å²) in [5, 5.41) is 10.2. The van der Waals surface area contributed by atoms with E-state index < -0.39 is 11.9 Å². The zero-order valence-electron chi connectivity index (χ0n) is 7.52. The first-order valence-corrected chi connectivity index (χ1v) is 5.41. The summed E-state index contributed by atoms with van der Waals surface area (Å²) >= 11 is 6.82. The Morgan fingerprint density at radius 2 is 2.13 bits per heavy atom. The van der Waals surface area contributed by atoms with E-state index in [0.717, 1.165) is 11.3 Å². The van der Waals surface area contributed by atoms with Crippen molar-refractivity contribution in [2.75, 3.05) is 0 Å². The molecule has 0 saturated heterocycles. The number of aliphatic hydroxyl groups is 1. The van der Waals surface area contributed by atoms with Gasteiger partial charge in [-0.2, -0.15) is 0 Å². The molecule has 0 amide bonds. The fourth-order valence-electron chi connectivity index (χ4n) is 1.22. The third-order valence-corrected chi connectivity index (χ3v) is 3.10. The van der Waals surface area contributed by atoms with Gasteiger partial charge in [0.25, 0.3) is 0 Å². The van der Waals surface area contributed by atoms with E-state index in [-0.39, 0.29) is 5.56 Å². The van der Waals surface area contributed by atoms with Crippen molar-refractivity contribution in [1.29, 1.82) is 0 Å². The summed E-state index contributed by atoms with van der Waals surface area (Å²) in [4.78, 5) is 3.90. The standard InChI is InChI=1S/C10H7ClFNOS/c11-8-5-13-10(15-8)9(14)6-3-1-2-4-7(6)12/h1-5,9,14H. The fraction of sp³-hybridized carbons (Fsp3) is 0.100. The lowest BCUT2D eigenvalue weighted by molar-refractivity contribution is 0.214. The Morgan fingerprint density at radius 3 is 2.73 bits per heavy atom. The molecule has 0 fully saturated rings. The molecule has 2 rings (SSSR count). The Balaban J connectivity index is 2.36. The molecular weight excluding hydrogens is 237 g/mol. The molecule has 15 heavy (non-hydrogen) atoms. The second-order valence-electron chi connectivity index (χ2n) is 2.93. The van der Waals surface area contributed by atoms with Gasteiger partial charge in [0.2, 0.25) is 0 Å². The molecule has 1 aromatic heterocycles. The largest absolute Gasteiger partial charge is 0.381 e. The molecule has 0 saturated carbocycles. The highest BCUT2D eigenvalue weighted by atomic mass is 35.5. The van der Waals surface area contributed by atoms with Crippen LogP contribution in [0.15, 0.2) is 30.5 Å². The normalized spacial score (nSPS) is 12.7. The number of halogens is 2. The minimum absolute atomic E-state index is 0.212. The lowest BCUT2D eigenvalue weighted by Crippen LogP contribution is -2.01. The number of thiazole rings is 1. The molecule has 2 nitrogen and oxygen atoms in total. The van der Waals surface area contributed by atoms with Crippen molar-refractivity contribution in [3.05, 3.63) is 51.2 Å².